The highest BCUT2D eigenvalue weighted by Gasteiger charge is 2.11. The Morgan fingerprint density at radius 1 is 1.33 bits per heavy atom. The molecule has 1 aromatic heterocycles. The number of aryl methyl sites for hydroxylation is 2. The molecule has 2 nitrogen and oxygen atoms in total. The zero-order chi connectivity index (χ0) is 11.0. The van der Waals surface area contributed by atoms with Crippen LogP contribution in [-0.4, -0.2) is 10.9 Å². The Labute approximate surface area is 89.5 Å². The molecule has 0 atom stereocenters. The largest absolute Gasteiger partial charge is 0.344 e. The first-order valence-corrected chi connectivity index (χ1v) is 5.23. The van der Waals surface area contributed by atoms with Gasteiger partial charge in [0.2, 0.25) is 0 Å². The third-order valence-electron chi connectivity index (χ3n) is 2.96. The number of aldehydes is 1. The summed E-state index contributed by atoms with van der Waals surface area (Å²) in [5.41, 5.74) is 4.28. The Bertz CT molecular complexity index is 523. The average Bonchev–Trinajstić information content (AvgIpc) is 2.48. The minimum absolute atomic E-state index is 0.826. The maximum atomic E-state index is 11.0. The summed E-state index contributed by atoms with van der Waals surface area (Å²) < 4.78 is 2.19. The fourth-order valence-corrected chi connectivity index (χ4v) is 2.17. The molecule has 0 bridgehead atoms. The van der Waals surface area contributed by atoms with E-state index in [4.69, 9.17) is 0 Å². The summed E-state index contributed by atoms with van der Waals surface area (Å²) in [6.07, 6.45) is 0.957. The summed E-state index contributed by atoms with van der Waals surface area (Å²) in [4.78, 5) is 11.0. The summed E-state index contributed by atoms with van der Waals surface area (Å²) in [7, 11) is 0. The van der Waals surface area contributed by atoms with E-state index in [-0.39, 0.29) is 0 Å². The summed E-state index contributed by atoms with van der Waals surface area (Å²) >= 11 is 0. The van der Waals surface area contributed by atoms with Crippen LogP contribution in [0, 0.1) is 13.8 Å². The highest BCUT2D eigenvalue weighted by Crippen LogP contribution is 2.25. The van der Waals surface area contributed by atoms with Gasteiger partial charge in [0, 0.05) is 28.7 Å². The van der Waals surface area contributed by atoms with Crippen molar-refractivity contribution in [1.29, 1.82) is 0 Å². The number of hydrogen-bond acceptors (Lipinski definition) is 1. The van der Waals surface area contributed by atoms with Crippen LogP contribution in [0.15, 0.2) is 18.2 Å². The smallest absolute Gasteiger partial charge is 0.152 e. The van der Waals surface area contributed by atoms with E-state index in [2.05, 4.69) is 30.5 Å². The van der Waals surface area contributed by atoms with Crippen molar-refractivity contribution in [2.45, 2.75) is 27.3 Å². The van der Waals surface area contributed by atoms with Gasteiger partial charge in [-0.3, -0.25) is 4.79 Å². The Hall–Kier alpha value is -1.57. The zero-order valence-electron chi connectivity index (χ0n) is 9.37. The maximum absolute atomic E-state index is 11.0. The second-order valence-electron chi connectivity index (χ2n) is 3.88. The van der Waals surface area contributed by atoms with Crippen molar-refractivity contribution in [2.24, 2.45) is 0 Å². The van der Waals surface area contributed by atoms with Gasteiger partial charge in [-0.05, 0) is 32.4 Å². The monoisotopic (exact) mass is 201 g/mol. The molecule has 0 unspecified atom stereocenters. The lowest BCUT2D eigenvalue weighted by Gasteiger charge is -2.03. The van der Waals surface area contributed by atoms with Crippen molar-refractivity contribution in [2.75, 3.05) is 0 Å². The van der Waals surface area contributed by atoms with Crippen LogP contribution >= 0.6 is 0 Å². The molecule has 15 heavy (non-hydrogen) atoms. The van der Waals surface area contributed by atoms with E-state index in [9.17, 15) is 4.79 Å². The van der Waals surface area contributed by atoms with E-state index in [0.717, 1.165) is 35.0 Å². The van der Waals surface area contributed by atoms with Crippen molar-refractivity contribution < 1.29 is 4.79 Å². The third-order valence-corrected chi connectivity index (χ3v) is 2.96. The molecule has 0 fully saturated rings. The zero-order valence-corrected chi connectivity index (χ0v) is 9.37. The Morgan fingerprint density at radius 3 is 2.67 bits per heavy atom. The van der Waals surface area contributed by atoms with Gasteiger partial charge in [0.1, 0.15) is 0 Å². The SMILES string of the molecule is CCn1c(C)c(C=O)c2ccc(C)cc21. The van der Waals surface area contributed by atoms with E-state index in [0.29, 0.717) is 0 Å². The molecule has 2 heteroatoms. The van der Waals surface area contributed by atoms with Crippen LogP contribution in [0.1, 0.15) is 28.5 Å². The first-order chi connectivity index (χ1) is 7.19. The van der Waals surface area contributed by atoms with Crippen LogP contribution in [0.3, 0.4) is 0 Å². The molecule has 0 aliphatic carbocycles. The normalized spacial score (nSPS) is 10.9. The number of nitrogens with zero attached hydrogens (tertiary/aromatic N) is 1. The number of rotatable bonds is 2. The van der Waals surface area contributed by atoms with E-state index < -0.39 is 0 Å². The van der Waals surface area contributed by atoms with Gasteiger partial charge in [0.25, 0.3) is 0 Å². The van der Waals surface area contributed by atoms with Crippen LogP contribution in [0.25, 0.3) is 10.9 Å². The molecular formula is C13H15NO. The number of hydrogen-bond donors (Lipinski definition) is 0. The molecule has 0 saturated carbocycles. The maximum Gasteiger partial charge on any atom is 0.152 e. The predicted octanol–water partition coefficient (Wildman–Crippen LogP) is 3.09. The van der Waals surface area contributed by atoms with Gasteiger partial charge in [-0.15, -0.1) is 0 Å². The van der Waals surface area contributed by atoms with Gasteiger partial charge in [-0.2, -0.15) is 0 Å². The molecule has 0 aliphatic heterocycles. The number of aromatic nitrogens is 1. The lowest BCUT2D eigenvalue weighted by atomic mass is 10.1. The standard InChI is InChI=1S/C13H15NO/c1-4-14-10(3)12(8-15)11-6-5-9(2)7-13(11)14/h5-8H,4H2,1-3H3. The molecule has 0 spiro atoms. The molecule has 1 aromatic carbocycles. The van der Waals surface area contributed by atoms with Gasteiger partial charge < -0.3 is 4.57 Å². The molecule has 2 rings (SSSR count). The fraction of sp³-hybridized carbons (Fsp3) is 0.308. The van der Waals surface area contributed by atoms with Crippen molar-refractivity contribution in [1.82, 2.24) is 4.57 Å². The summed E-state index contributed by atoms with van der Waals surface area (Å²) in [6.45, 7) is 7.08. The second-order valence-corrected chi connectivity index (χ2v) is 3.88. The Balaban J connectivity index is 2.91. The van der Waals surface area contributed by atoms with E-state index in [1.807, 2.05) is 13.0 Å². The molecule has 0 aliphatic rings. The van der Waals surface area contributed by atoms with E-state index >= 15 is 0 Å². The number of carbonyl (C=O) groups excluding carboxylic acids is 1. The fourth-order valence-electron chi connectivity index (χ4n) is 2.17. The van der Waals surface area contributed by atoms with Crippen LogP contribution in [0.5, 0.6) is 0 Å². The molecule has 0 N–H and O–H groups in total. The van der Waals surface area contributed by atoms with Crippen LogP contribution in [-0.2, 0) is 6.54 Å². The van der Waals surface area contributed by atoms with Crippen molar-refractivity contribution >= 4 is 17.2 Å². The van der Waals surface area contributed by atoms with E-state index in [1.165, 1.54) is 5.56 Å². The van der Waals surface area contributed by atoms with Crippen molar-refractivity contribution in [3.63, 3.8) is 0 Å². The number of benzene rings is 1. The van der Waals surface area contributed by atoms with Crippen molar-refractivity contribution in [3.05, 3.63) is 35.0 Å². The molecule has 0 radical (unpaired) electrons. The van der Waals surface area contributed by atoms with Gasteiger partial charge in [-0.25, -0.2) is 0 Å². The highest BCUT2D eigenvalue weighted by molar-refractivity contribution is 5.99. The molecule has 0 saturated heterocycles. The first kappa shape index (κ1) is 9.97. The predicted molar refractivity (Wildman–Crippen MR) is 62.5 cm³/mol. The summed E-state index contributed by atoms with van der Waals surface area (Å²) in [5.74, 6) is 0. The summed E-state index contributed by atoms with van der Waals surface area (Å²) in [5, 5.41) is 1.06. The van der Waals surface area contributed by atoms with Crippen LogP contribution in [0.4, 0.5) is 0 Å². The Kier molecular flexibility index (Phi) is 2.35. The minimum Gasteiger partial charge on any atom is -0.344 e. The molecule has 78 valence electrons. The molecule has 1 heterocycles. The van der Waals surface area contributed by atoms with Crippen LogP contribution in [0.2, 0.25) is 0 Å². The Morgan fingerprint density at radius 2 is 2.07 bits per heavy atom. The average molecular weight is 201 g/mol. The highest BCUT2D eigenvalue weighted by atomic mass is 16.1. The quantitative estimate of drug-likeness (QED) is 0.684. The molecular weight excluding hydrogens is 186 g/mol. The van der Waals surface area contributed by atoms with Crippen molar-refractivity contribution in [3.8, 4) is 0 Å². The lowest BCUT2D eigenvalue weighted by Crippen LogP contribution is -1.97. The first-order valence-electron chi connectivity index (χ1n) is 5.23. The summed E-state index contributed by atoms with van der Waals surface area (Å²) in [6, 6.07) is 6.22. The topological polar surface area (TPSA) is 22.0 Å². The van der Waals surface area contributed by atoms with Crippen LogP contribution < -0.4 is 0 Å². The van der Waals surface area contributed by atoms with Gasteiger partial charge in [0.05, 0.1) is 0 Å². The molecule has 2 aromatic rings. The third kappa shape index (κ3) is 1.37. The number of carbonyl (C=O) groups is 1. The number of fused-ring (bicyclic) bond motifs is 1. The van der Waals surface area contributed by atoms with Gasteiger partial charge in [-0.1, -0.05) is 12.1 Å². The molecule has 0 amide bonds. The lowest BCUT2D eigenvalue weighted by molar-refractivity contribution is 0.112. The van der Waals surface area contributed by atoms with E-state index in [1.54, 1.807) is 0 Å². The minimum atomic E-state index is 0.826. The second kappa shape index (κ2) is 3.54. The van der Waals surface area contributed by atoms with Gasteiger partial charge in [0.15, 0.2) is 6.29 Å². The van der Waals surface area contributed by atoms with Gasteiger partial charge >= 0.3 is 0 Å².